The van der Waals surface area contributed by atoms with Crippen molar-refractivity contribution in [2.75, 3.05) is 5.73 Å². The average molecular weight is 291 g/mol. The van der Waals surface area contributed by atoms with Crippen LogP contribution in [-0.4, -0.2) is 13.4 Å². The Balaban J connectivity index is 2.30. The van der Waals surface area contributed by atoms with Gasteiger partial charge < -0.3 is 5.73 Å². The molecular formula is C14H17N3O2S. The van der Waals surface area contributed by atoms with Crippen LogP contribution in [0.4, 0.5) is 5.69 Å². The van der Waals surface area contributed by atoms with Gasteiger partial charge in [0.2, 0.25) is 0 Å². The second kappa shape index (κ2) is 6.02. The molecule has 6 heteroatoms. The van der Waals surface area contributed by atoms with E-state index in [1.165, 1.54) is 12.3 Å². The number of nitrogen functional groups attached to an aromatic ring is 1. The molecule has 3 N–H and O–H groups in total. The third kappa shape index (κ3) is 3.15. The van der Waals surface area contributed by atoms with Crippen LogP contribution < -0.4 is 10.5 Å². The standard InChI is InChI=1S/C14H17N3O2S/c1-2-13(11-7-4-3-5-8-11)17-20(18,19)14-12(15)9-6-10-16-14/h3-10,13,17H,2,15H2,1H3. The van der Waals surface area contributed by atoms with Crippen molar-refractivity contribution in [3.63, 3.8) is 0 Å². The highest BCUT2D eigenvalue weighted by Gasteiger charge is 2.23. The molecule has 1 aromatic heterocycles. The lowest BCUT2D eigenvalue weighted by atomic mass is 10.1. The summed E-state index contributed by atoms with van der Waals surface area (Å²) in [6.45, 7) is 1.92. The summed E-state index contributed by atoms with van der Waals surface area (Å²) in [4.78, 5) is 3.86. The van der Waals surface area contributed by atoms with Gasteiger partial charge in [-0.1, -0.05) is 37.3 Å². The number of hydrogen-bond donors (Lipinski definition) is 2. The fourth-order valence-corrected chi connectivity index (χ4v) is 3.31. The van der Waals surface area contributed by atoms with Gasteiger partial charge in [-0.2, -0.15) is 0 Å². The number of hydrogen-bond acceptors (Lipinski definition) is 4. The van der Waals surface area contributed by atoms with E-state index in [1.807, 2.05) is 37.3 Å². The van der Waals surface area contributed by atoms with Gasteiger partial charge in [-0.05, 0) is 24.1 Å². The van der Waals surface area contributed by atoms with Crippen LogP contribution in [0.1, 0.15) is 24.9 Å². The second-order valence-corrected chi connectivity index (χ2v) is 6.02. The van der Waals surface area contributed by atoms with Gasteiger partial charge >= 0.3 is 0 Å². The van der Waals surface area contributed by atoms with E-state index in [1.54, 1.807) is 6.07 Å². The van der Waals surface area contributed by atoms with E-state index in [0.29, 0.717) is 6.42 Å². The Bertz CT molecular complexity index is 672. The molecule has 0 saturated heterocycles. The third-order valence-electron chi connectivity index (χ3n) is 2.96. The molecule has 0 radical (unpaired) electrons. The maximum atomic E-state index is 12.3. The first kappa shape index (κ1) is 14.5. The number of nitrogens with two attached hydrogens (primary N) is 1. The maximum absolute atomic E-state index is 12.3. The minimum absolute atomic E-state index is 0.130. The minimum atomic E-state index is -3.74. The van der Waals surface area contributed by atoms with Crippen LogP contribution in [0.2, 0.25) is 0 Å². The molecule has 20 heavy (non-hydrogen) atoms. The number of anilines is 1. The summed E-state index contributed by atoms with van der Waals surface area (Å²) in [5.41, 5.74) is 6.73. The summed E-state index contributed by atoms with van der Waals surface area (Å²) in [5, 5.41) is -0.130. The van der Waals surface area contributed by atoms with Crippen LogP contribution in [0.15, 0.2) is 53.7 Å². The van der Waals surface area contributed by atoms with Crippen molar-refractivity contribution in [2.45, 2.75) is 24.4 Å². The molecule has 2 aromatic rings. The zero-order valence-corrected chi connectivity index (χ0v) is 12.0. The molecule has 1 atom stereocenters. The second-order valence-electron chi connectivity index (χ2n) is 4.39. The van der Waals surface area contributed by atoms with E-state index in [4.69, 9.17) is 5.73 Å². The molecule has 1 aromatic carbocycles. The van der Waals surface area contributed by atoms with Crippen molar-refractivity contribution in [3.8, 4) is 0 Å². The Morgan fingerprint density at radius 3 is 2.50 bits per heavy atom. The molecule has 2 rings (SSSR count). The highest BCUT2D eigenvalue weighted by molar-refractivity contribution is 7.89. The molecule has 0 spiro atoms. The van der Waals surface area contributed by atoms with Gasteiger partial charge in [0, 0.05) is 12.2 Å². The van der Waals surface area contributed by atoms with E-state index >= 15 is 0 Å². The Hall–Kier alpha value is -1.92. The SMILES string of the molecule is CCC(NS(=O)(=O)c1ncccc1N)c1ccccc1. The first-order valence-corrected chi connectivity index (χ1v) is 7.80. The van der Waals surface area contributed by atoms with Crippen molar-refractivity contribution in [1.82, 2.24) is 9.71 Å². The van der Waals surface area contributed by atoms with Crippen LogP contribution in [-0.2, 0) is 10.0 Å². The monoisotopic (exact) mass is 291 g/mol. The van der Waals surface area contributed by atoms with Crippen molar-refractivity contribution in [1.29, 1.82) is 0 Å². The summed E-state index contributed by atoms with van der Waals surface area (Å²) >= 11 is 0. The van der Waals surface area contributed by atoms with Crippen molar-refractivity contribution < 1.29 is 8.42 Å². The molecule has 0 amide bonds. The number of nitrogens with one attached hydrogen (secondary N) is 1. The summed E-state index contributed by atoms with van der Waals surface area (Å²) < 4.78 is 27.3. The Kier molecular flexibility index (Phi) is 4.36. The lowest BCUT2D eigenvalue weighted by molar-refractivity contribution is 0.547. The van der Waals surface area contributed by atoms with E-state index in [2.05, 4.69) is 9.71 Å². The van der Waals surface area contributed by atoms with Gasteiger partial charge in [-0.15, -0.1) is 0 Å². The summed E-state index contributed by atoms with van der Waals surface area (Å²) in [5.74, 6) is 0. The number of benzene rings is 1. The molecule has 106 valence electrons. The number of sulfonamides is 1. The molecule has 0 bridgehead atoms. The lowest BCUT2D eigenvalue weighted by Crippen LogP contribution is -2.29. The van der Waals surface area contributed by atoms with E-state index < -0.39 is 10.0 Å². The highest BCUT2D eigenvalue weighted by atomic mass is 32.2. The topological polar surface area (TPSA) is 85.1 Å². The summed E-state index contributed by atoms with van der Waals surface area (Å²) in [7, 11) is -3.74. The Morgan fingerprint density at radius 2 is 1.90 bits per heavy atom. The van der Waals surface area contributed by atoms with Crippen LogP contribution in [0.25, 0.3) is 0 Å². The molecule has 0 aliphatic rings. The summed E-state index contributed by atoms with van der Waals surface area (Å²) in [6.07, 6.45) is 2.05. The van der Waals surface area contributed by atoms with Gasteiger partial charge in [-0.25, -0.2) is 18.1 Å². The normalized spacial score (nSPS) is 13.1. The smallest absolute Gasteiger partial charge is 0.260 e. The highest BCUT2D eigenvalue weighted by Crippen LogP contribution is 2.21. The zero-order valence-electron chi connectivity index (χ0n) is 11.2. The van der Waals surface area contributed by atoms with Crippen LogP contribution >= 0.6 is 0 Å². The van der Waals surface area contributed by atoms with Gasteiger partial charge in [-0.3, -0.25) is 0 Å². The number of nitrogens with zero attached hydrogens (tertiary/aromatic N) is 1. The maximum Gasteiger partial charge on any atom is 0.260 e. The molecule has 0 fully saturated rings. The molecule has 5 nitrogen and oxygen atoms in total. The van der Waals surface area contributed by atoms with Gasteiger partial charge in [0.25, 0.3) is 10.0 Å². The molecule has 1 heterocycles. The third-order valence-corrected chi connectivity index (χ3v) is 4.41. The van der Waals surface area contributed by atoms with Gasteiger partial charge in [0.1, 0.15) is 0 Å². The quantitative estimate of drug-likeness (QED) is 0.883. The predicted molar refractivity (Wildman–Crippen MR) is 78.4 cm³/mol. The summed E-state index contributed by atoms with van der Waals surface area (Å²) in [6, 6.07) is 12.2. The predicted octanol–water partition coefficient (Wildman–Crippen LogP) is 2.09. The molecule has 0 aliphatic carbocycles. The van der Waals surface area contributed by atoms with Crippen molar-refractivity contribution in [3.05, 3.63) is 54.2 Å². The van der Waals surface area contributed by atoms with E-state index in [-0.39, 0.29) is 16.8 Å². The first-order chi connectivity index (χ1) is 9.54. The van der Waals surface area contributed by atoms with Crippen LogP contribution in [0.5, 0.6) is 0 Å². The van der Waals surface area contributed by atoms with Gasteiger partial charge in [0.15, 0.2) is 5.03 Å². The van der Waals surface area contributed by atoms with Crippen LogP contribution in [0, 0.1) is 0 Å². The zero-order chi connectivity index (χ0) is 14.6. The molecule has 0 saturated carbocycles. The Labute approximate surface area is 118 Å². The average Bonchev–Trinajstić information content (AvgIpc) is 2.46. The molecule has 1 unspecified atom stereocenters. The lowest BCUT2D eigenvalue weighted by Gasteiger charge is -2.17. The Morgan fingerprint density at radius 1 is 1.20 bits per heavy atom. The number of rotatable bonds is 5. The van der Waals surface area contributed by atoms with E-state index in [9.17, 15) is 8.42 Å². The van der Waals surface area contributed by atoms with Crippen molar-refractivity contribution >= 4 is 15.7 Å². The van der Waals surface area contributed by atoms with E-state index in [0.717, 1.165) is 5.56 Å². The minimum Gasteiger partial charge on any atom is -0.396 e. The largest absolute Gasteiger partial charge is 0.396 e. The van der Waals surface area contributed by atoms with Crippen LogP contribution in [0.3, 0.4) is 0 Å². The van der Waals surface area contributed by atoms with Crippen molar-refractivity contribution in [2.24, 2.45) is 0 Å². The fraction of sp³-hybridized carbons (Fsp3) is 0.214. The number of aromatic nitrogens is 1. The molecule has 0 aliphatic heterocycles. The fourth-order valence-electron chi connectivity index (χ4n) is 1.94. The van der Waals surface area contributed by atoms with Gasteiger partial charge in [0.05, 0.1) is 5.69 Å². The molecular weight excluding hydrogens is 274 g/mol. The first-order valence-electron chi connectivity index (χ1n) is 6.32. The number of pyridine rings is 1.